The van der Waals surface area contributed by atoms with Crippen LogP contribution in [0.25, 0.3) is 0 Å². The van der Waals surface area contributed by atoms with Gasteiger partial charge in [0.05, 0.1) is 6.61 Å². The lowest BCUT2D eigenvalue weighted by Crippen LogP contribution is -2.25. The van der Waals surface area contributed by atoms with E-state index < -0.39 is 0 Å². The number of hydrogen-bond donors (Lipinski definition) is 1. The van der Waals surface area contributed by atoms with Gasteiger partial charge in [-0.05, 0) is 25.1 Å². The van der Waals surface area contributed by atoms with Gasteiger partial charge in [-0.3, -0.25) is 0 Å². The molecule has 20 heavy (non-hydrogen) atoms. The second-order valence-corrected chi connectivity index (χ2v) is 5.97. The molecule has 0 aromatic heterocycles. The molecule has 0 atom stereocenters. The first-order valence-electron chi connectivity index (χ1n) is 8.71. The topological polar surface area (TPSA) is 21.3 Å². The van der Waals surface area contributed by atoms with E-state index in [9.17, 15) is 0 Å². The molecule has 2 nitrogen and oxygen atoms in total. The molecule has 0 aromatic rings. The molecule has 0 unspecified atom stereocenters. The van der Waals surface area contributed by atoms with Crippen LogP contribution in [0.2, 0.25) is 0 Å². The summed E-state index contributed by atoms with van der Waals surface area (Å²) in [7, 11) is 0. The first-order chi connectivity index (χ1) is 9.81. The molecule has 0 saturated carbocycles. The number of thiocarbonyl (C=S) groups is 1. The molecule has 0 aromatic carbocycles. The Balaban J connectivity index is 3.13. The number of rotatable bonds is 14. The quantitative estimate of drug-likeness (QED) is 0.333. The monoisotopic (exact) mass is 301 g/mol. The van der Waals surface area contributed by atoms with Gasteiger partial charge in [0, 0.05) is 6.54 Å². The van der Waals surface area contributed by atoms with Gasteiger partial charge in [0.1, 0.15) is 0 Å². The van der Waals surface area contributed by atoms with Gasteiger partial charge in [-0.1, -0.05) is 78.1 Å². The van der Waals surface area contributed by atoms with Gasteiger partial charge in [-0.2, -0.15) is 0 Å². The van der Waals surface area contributed by atoms with Crippen molar-refractivity contribution < 1.29 is 4.74 Å². The molecular formula is C17H35NOS. The van der Waals surface area contributed by atoms with Crippen molar-refractivity contribution in [2.24, 2.45) is 0 Å². The number of hydrogen-bond acceptors (Lipinski definition) is 2. The van der Waals surface area contributed by atoms with E-state index in [0.717, 1.165) is 19.6 Å². The highest BCUT2D eigenvalue weighted by Crippen LogP contribution is 2.05. The lowest BCUT2D eigenvalue weighted by molar-refractivity contribution is 0.286. The molecule has 0 amide bonds. The van der Waals surface area contributed by atoms with Crippen molar-refractivity contribution in [3.05, 3.63) is 0 Å². The maximum atomic E-state index is 5.51. The maximum absolute atomic E-state index is 5.51. The van der Waals surface area contributed by atoms with Crippen molar-refractivity contribution in [2.45, 2.75) is 90.9 Å². The van der Waals surface area contributed by atoms with Gasteiger partial charge >= 0.3 is 0 Å². The van der Waals surface area contributed by atoms with E-state index in [1.54, 1.807) is 0 Å². The number of ether oxygens (including phenoxy) is 1. The fraction of sp³-hybridized carbons (Fsp3) is 0.941. The lowest BCUT2D eigenvalue weighted by atomic mass is 10.1. The van der Waals surface area contributed by atoms with Crippen LogP contribution in [-0.4, -0.2) is 18.3 Å². The molecule has 0 aliphatic heterocycles. The first kappa shape index (κ1) is 19.7. The van der Waals surface area contributed by atoms with Crippen molar-refractivity contribution in [2.75, 3.05) is 13.2 Å². The summed E-state index contributed by atoms with van der Waals surface area (Å²) in [6, 6.07) is 0. The molecular weight excluding hydrogens is 266 g/mol. The Labute approximate surface area is 132 Å². The summed E-state index contributed by atoms with van der Waals surface area (Å²) >= 11 is 5.16. The number of nitrogens with one attached hydrogen (secondary N) is 1. The van der Waals surface area contributed by atoms with Crippen LogP contribution in [-0.2, 0) is 4.74 Å². The van der Waals surface area contributed by atoms with Gasteiger partial charge < -0.3 is 10.1 Å². The van der Waals surface area contributed by atoms with E-state index in [1.165, 1.54) is 70.6 Å². The van der Waals surface area contributed by atoms with Crippen LogP contribution in [0, 0.1) is 0 Å². The molecule has 0 fully saturated rings. The Morgan fingerprint density at radius 1 is 0.750 bits per heavy atom. The summed E-state index contributed by atoms with van der Waals surface area (Å²) in [5.74, 6) is 0. The lowest BCUT2D eigenvalue weighted by Gasteiger charge is -2.09. The summed E-state index contributed by atoms with van der Waals surface area (Å²) in [5.41, 5.74) is 0. The van der Waals surface area contributed by atoms with Crippen molar-refractivity contribution in [1.29, 1.82) is 0 Å². The van der Waals surface area contributed by atoms with E-state index in [1.807, 2.05) is 0 Å². The van der Waals surface area contributed by atoms with Gasteiger partial charge in [0.15, 0.2) is 0 Å². The van der Waals surface area contributed by atoms with Gasteiger partial charge in [-0.25, -0.2) is 0 Å². The second-order valence-electron chi connectivity index (χ2n) is 5.60. The third-order valence-electron chi connectivity index (χ3n) is 3.53. The summed E-state index contributed by atoms with van der Waals surface area (Å²) in [4.78, 5) is 0. The zero-order valence-corrected chi connectivity index (χ0v) is 14.5. The Morgan fingerprint density at radius 3 is 1.85 bits per heavy atom. The summed E-state index contributed by atoms with van der Waals surface area (Å²) in [6.45, 7) is 6.23. The first-order valence-corrected chi connectivity index (χ1v) is 9.12. The molecule has 0 saturated heterocycles. The van der Waals surface area contributed by atoms with Gasteiger partial charge in [-0.15, -0.1) is 0 Å². The normalized spacial score (nSPS) is 10.5. The average molecular weight is 302 g/mol. The highest BCUT2D eigenvalue weighted by molar-refractivity contribution is 7.80. The molecule has 0 bridgehead atoms. The highest BCUT2D eigenvalue weighted by Gasteiger charge is 1.97. The smallest absolute Gasteiger partial charge is 0.256 e. The third kappa shape index (κ3) is 15.7. The van der Waals surface area contributed by atoms with Crippen molar-refractivity contribution in [3.8, 4) is 0 Å². The van der Waals surface area contributed by atoms with Crippen LogP contribution >= 0.6 is 12.2 Å². The minimum absolute atomic E-state index is 0.590. The van der Waals surface area contributed by atoms with Crippen LogP contribution in [0.1, 0.15) is 90.9 Å². The average Bonchev–Trinajstić information content (AvgIpc) is 2.45. The Morgan fingerprint density at radius 2 is 1.25 bits per heavy atom. The molecule has 0 aliphatic carbocycles. The predicted octanol–water partition coefficient (Wildman–Crippen LogP) is 5.60. The van der Waals surface area contributed by atoms with Crippen molar-refractivity contribution in [1.82, 2.24) is 5.32 Å². The predicted molar refractivity (Wildman–Crippen MR) is 93.3 cm³/mol. The maximum Gasteiger partial charge on any atom is 0.256 e. The molecule has 0 spiro atoms. The third-order valence-corrected chi connectivity index (χ3v) is 3.79. The SMILES string of the molecule is CCCCCCCCNC(=S)OCCCCCCCC. The zero-order valence-electron chi connectivity index (χ0n) is 13.7. The number of unbranched alkanes of at least 4 members (excludes halogenated alkanes) is 10. The fourth-order valence-electron chi connectivity index (χ4n) is 2.19. The molecule has 0 radical (unpaired) electrons. The highest BCUT2D eigenvalue weighted by atomic mass is 32.1. The van der Waals surface area contributed by atoms with Crippen LogP contribution < -0.4 is 5.32 Å². The molecule has 0 heterocycles. The van der Waals surface area contributed by atoms with Crippen molar-refractivity contribution >= 4 is 17.4 Å². The summed E-state index contributed by atoms with van der Waals surface area (Å²) < 4.78 is 5.51. The van der Waals surface area contributed by atoms with E-state index in [0.29, 0.717) is 5.17 Å². The summed E-state index contributed by atoms with van der Waals surface area (Å²) in [6.07, 6.45) is 15.6. The van der Waals surface area contributed by atoms with Gasteiger partial charge in [0.25, 0.3) is 5.17 Å². The van der Waals surface area contributed by atoms with Gasteiger partial charge in [0.2, 0.25) is 0 Å². The minimum Gasteiger partial charge on any atom is -0.471 e. The van der Waals surface area contributed by atoms with Crippen LogP contribution in [0.4, 0.5) is 0 Å². The Kier molecular flexibility index (Phi) is 16.5. The molecule has 0 rings (SSSR count). The fourth-order valence-corrected chi connectivity index (χ4v) is 2.38. The zero-order chi connectivity index (χ0) is 14.9. The largest absolute Gasteiger partial charge is 0.471 e. The van der Waals surface area contributed by atoms with E-state index >= 15 is 0 Å². The van der Waals surface area contributed by atoms with E-state index in [-0.39, 0.29) is 0 Å². The Hall–Kier alpha value is -0.310. The molecule has 1 N–H and O–H groups in total. The standard InChI is InChI=1S/C17H35NOS/c1-3-5-7-9-11-13-15-18-17(20)19-16-14-12-10-8-6-4-2/h3-16H2,1-2H3,(H,18,20). The van der Waals surface area contributed by atoms with Crippen LogP contribution in [0.3, 0.4) is 0 Å². The molecule has 0 aliphatic rings. The summed E-state index contributed by atoms with van der Waals surface area (Å²) in [5, 5.41) is 3.78. The van der Waals surface area contributed by atoms with Crippen LogP contribution in [0.5, 0.6) is 0 Å². The molecule has 120 valence electrons. The van der Waals surface area contributed by atoms with E-state index in [4.69, 9.17) is 17.0 Å². The van der Waals surface area contributed by atoms with Crippen LogP contribution in [0.15, 0.2) is 0 Å². The minimum atomic E-state index is 0.590. The van der Waals surface area contributed by atoms with E-state index in [2.05, 4.69) is 19.2 Å². The Bertz CT molecular complexity index is 189. The molecule has 3 heteroatoms. The van der Waals surface area contributed by atoms with Crippen molar-refractivity contribution in [3.63, 3.8) is 0 Å². The second kappa shape index (κ2) is 16.7.